The van der Waals surface area contributed by atoms with Crippen LogP contribution in [0, 0.1) is 17.0 Å². The maximum Gasteiger partial charge on any atom is 0.272 e. The summed E-state index contributed by atoms with van der Waals surface area (Å²) in [5, 5.41) is 9.44. The van der Waals surface area contributed by atoms with Gasteiger partial charge in [0.1, 0.15) is 0 Å². The van der Waals surface area contributed by atoms with Gasteiger partial charge in [0.25, 0.3) is 11.9 Å². The SMILES string of the molecule is C[C@H](c1c(F)cc(F)c[n+]1O)C(C)(C)C. The summed E-state index contributed by atoms with van der Waals surface area (Å²) in [5.74, 6) is -1.73. The molecule has 1 rings (SSSR count). The molecular formula is C11H16F2NO+. The van der Waals surface area contributed by atoms with Gasteiger partial charge in [0.05, 0.1) is 5.92 Å². The summed E-state index contributed by atoms with van der Waals surface area (Å²) in [6.45, 7) is 7.59. The minimum atomic E-state index is -0.792. The minimum Gasteiger partial charge on any atom is -0.285 e. The highest BCUT2D eigenvalue weighted by molar-refractivity contribution is 5.09. The fourth-order valence-electron chi connectivity index (χ4n) is 1.34. The van der Waals surface area contributed by atoms with Crippen molar-refractivity contribution in [2.45, 2.75) is 33.6 Å². The lowest BCUT2D eigenvalue weighted by molar-refractivity contribution is -0.912. The number of rotatable bonds is 1. The van der Waals surface area contributed by atoms with Gasteiger partial charge >= 0.3 is 0 Å². The van der Waals surface area contributed by atoms with E-state index in [0.717, 1.165) is 12.3 Å². The van der Waals surface area contributed by atoms with Gasteiger partial charge in [-0.1, -0.05) is 27.7 Å². The second-order valence-corrected chi connectivity index (χ2v) is 4.82. The van der Waals surface area contributed by atoms with E-state index in [1.165, 1.54) is 0 Å². The molecule has 0 fully saturated rings. The lowest BCUT2D eigenvalue weighted by atomic mass is 9.80. The summed E-state index contributed by atoms with van der Waals surface area (Å²) in [6.07, 6.45) is 0.862. The first kappa shape index (κ1) is 11.9. The number of aromatic nitrogens is 1. The van der Waals surface area contributed by atoms with Crippen molar-refractivity contribution in [1.82, 2.24) is 0 Å². The maximum absolute atomic E-state index is 13.5. The Kier molecular flexibility index (Phi) is 2.98. The van der Waals surface area contributed by atoms with Crippen molar-refractivity contribution < 1.29 is 18.7 Å². The molecule has 0 amide bonds. The summed E-state index contributed by atoms with van der Waals surface area (Å²) in [6, 6.07) is 0.782. The van der Waals surface area contributed by atoms with Gasteiger partial charge in [0, 0.05) is 10.8 Å². The van der Waals surface area contributed by atoms with E-state index in [4.69, 9.17) is 0 Å². The topological polar surface area (TPSA) is 24.1 Å². The van der Waals surface area contributed by atoms with Gasteiger partial charge in [-0.3, -0.25) is 5.21 Å². The zero-order chi connectivity index (χ0) is 11.8. The Bertz CT molecular complexity index is 348. The molecular weight excluding hydrogens is 200 g/mol. The number of hydrogen-bond acceptors (Lipinski definition) is 1. The maximum atomic E-state index is 13.5. The Morgan fingerprint density at radius 2 is 1.87 bits per heavy atom. The minimum absolute atomic E-state index is 0.101. The predicted octanol–water partition coefficient (Wildman–Crippen LogP) is 2.64. The van der Waals surface area contributed by atoms with Gasteiger partial charge in [0.15, 0.2) is 11.6 Å². The molecule has 0 aliphatic rings. The van der Waals surface area contributed by atoms with Gasteiger partial charge in [-0.2, -0.15) is 4.39 Å². The molecule has 1 N–H and O–H groups in total. The van der Waals surface area contributed by atoms with Crippen molar-refractivity contribution in [3.05, 3.63) is 29.6 Å². The van der Waals surface area contributed by atoms with Crippen molar-refractivity contribution in [1.29, 1.82) is 0 Å². The Labute approximate surface area is 88.1 Å². The zero-order valence-corrected chi connectivity index (χ0v) is 9.38. The van der Waals surface area contributed by atoms with Gasteiger partial charge in [-0.05, 0) is 5.41 Å². The molecule has 0 saturated heterocycles. The van der Waals surface area contributed by atoms with Crippen molar-refractivity contribution in [3.8, 4) is 0 Å². The lowest BCUT2D eigenvalue weighted by Gasteiger charge is -2.24. The Balaban J connectivity index is 3.26. The lowest BCUT2D eigenvalue weighted by Crippen LogP contribution is -2.40. The largest absolute Gasteiger partial charge is 0.285 e. The van der Waals surface area contributed by atoms with E-state index in [1.54, 1.807) is 6.92 Å². The van der Waals surface area contributed by atoms with E-state index >= 15 is 0 Å². The normalized spacial score (nSPS) is 14.0. The highest BCUT2D eigenvalue weighted by Crippen LogP contribution is 2.33. The predicted molar refractivity (Wildman–Crippen MR) is 51.6 cm³/mol. The molecule has 1 aromatic heterocycles. The van der Waals surface area contributed by atoms with Crippen LogP contribution in [0.5, 0.6) is 0 Å². The molecule has 84 valence electrons. The van der Waals surface area contributed by atoms with E-state index in [0.29, 0.717) is 4.73 Å². The Morgan fingerprint density at radius 3 is 2.27 bits per heavy atom. The van der Waals surface area contributed by atoms with E-state index in [1.807, 2.05) is 20.8 Å². The van der Waals surface area contributed by atoms with Crippen molar-refractivity contribution in [2.75, 3.05) is 0 Å². The molecule has 0 unspecified atom stereocenters. The van der Waals surface area contributed by atoms with Crippen LogP contribution in [0.3, 0.4) is 0 Å². The number of pyridine rings is 1. The molecule has 0 spiro atoms. The fraction of sp³-hybridized carbons (Fsp3) is 0.545. The molecule has 2 nitrogen and oxygen atoms in total. The third-order valence-electron chi connectivity index (χ3n) is 2.71. The van der Waals surface area contributed by atoms with Crippen LogP contribution in [0.1, 0.15) is 39.3 Å². The monoisotopic (exact) mass is 216 g/mol. The zero-order valence-electron chi connectivity index (χ0n) is 9.38. The molecule has 1 aromatic rings. The Morgan fingerprint density at radius 1 is 1.33 bits per heavy atom. The third-order valence-corrected chi connectivity index (χ3v) is 2.71. The molecule has 0 bridgehead atoms. The van der Waals surface area contributed by atoms with Crippen molar-refractivity contribution in [2.24, 2.45) is 5.41 Å². The molecule has 0 aliphatic heterocycles. The van der Waals surface area contributed by atoms with Crippen LogP contribution in [0.25, 0.3) is 0 Å². The summed E-state index contributed by atoms with van der Waals surface area (Å²) < 4.78 is 26.7. The summed E-state index contributed by atoms with van der Waals surface area (Å²) >= 11 is 0. The molecule has 0 aromatic carbocycles. The molecule has 0 radical (unpaired) electrons. The molecule has 1 heterocycles. The fourth-order valence-corrected chi connectivity index (χ4v) is 1.34. The highest BCUT2D eigenvalue weighted by Gasteiger charge is 2.33. The van der Waals surface area contributed by atoms with Crippen LogP contribution >= 0.6 is 0 Å². The average molecular weight is 216 g/mol. The Hall–Kier alpha value is -1.19. The van der Waals surface area contributed by atoms with E-state index in [2.05, 4.69) is 0 Å². The quantitative estimate of drug-likeness (QED) is 0.566. The van der Waals surface area contributed by atoms with Crippen LogP contribution in [0.4, 0.5) is 8.78 Å². The average Bonchev–Trinajstić information content (AvgIpc) is 1.99. The first-order valence-corrected chi connectivity index (χ1v) is 4.83. The number of hydrogen-bond donors (Lipinski definition) is 1. The van der Waals surface area contributed by atoms with Crippen LogP contribution in [0.15, 0.2) is 12.3 Å². The van der Waals surface area contributed by atoms with Gasteiger partial charge in [0.2, 0.25) is 0 Å². The van der Waals surface area contributed by atoms with E-state index in [-0.39, 0.29) is 17.0 Å². The highest BCUT2D eigenvalue weighted by atomic mass is 19.1. The summed E-state index contributed by atoms with van der Waals surface area (Å²) in [4.78, 5) is 0. The standard InChI is InChI=1S/C11H16F2NO/c1-7(11(2,3)4)10-9(13)5-8(12)6-14(10)15/h5-7,15H,1-4H3/q+1/t7-/m1/s1. The molecule has 4 heteroatoms. The van der Waals surface area contributed by atoms with Gasteiger partial charge in [-0.25, -0.2) is 4.39 Å². The summed E-state index contributed by atoms with van der Waals surface area (Å²) in [5.41, 5.74) is -0.104. The second kappa shape index (κ2) is 3.76. The first-order chi connectivity index (χ1) is 6.73. The van der Waals surface area contributed by atoms with Crippen molar-refractivity contribution in [3.63, 3.8) is 0 Å². The molecule has 0 aliphatic carbocycles. The van der Waals surface area contributed by atoms with Crippen LogP contribution < -0.4 is 4.73 Å². The van der Waals surface area contributed by atoms with E-state index < -0.39 is 11.6 Å². The van der Waals surface area contributed by atoms with Gasteiger partial charge in [-0.15, -0.1) is 0 Å². The van der Waals surface area contributed by atoms with Gasteiger partial charge < -0.3 is 0 Å². The van der Waals surface area contributed by atoms with Crippen LogP contribution in [0.2, 0.25) is 0 Å². The number of halogens is 2. The van der Waals surface area contributed by atoms with E-state index in [9.17, 15) is 14.0 Å². The molecule has 0 saturated carbocycles. The van der Waals surface area contributed by atoms with Crippen LogP contribution in [-0.4, -0.2) is 5.21 Å². The first-order valence-electron chi connectivity index (χ1n) is 4.83. The second-order valence-electron chi connectivity index (χ2n) is 4.82. The van der Waals surface area contributed by atoms with Crippen LogP contribution in [-0.2, 0) is 0 Å². The van der Waals surface area contributed by atoms with Crippen molar-refractivity contribution >= 4 is 0 Å². The number of nitrogens with zero attached hydrogens (tertiary/aromatic N) is 1. The molecule has 1 atom stereocenters. The smallest absolute Gasteiger partial charge is 0.272 e. The molecule has 15 heavy (non-hydrogen) atoms. The third kappa shape index (κ3) is 2.43. The summed E-state index contributed by atoms with van der Waals surface area (Å²) in [7, 11) is 0.